The molecule has 0 amide bonds. The molecule has 0 atom stereocenters. The van der Waals surface area contributed by atoms with Crippen LogP contribution in [0.1, 0.15) is 31.5 Å². The SMILES string of the molecule is Cc1nc(-c2csc(C(C)(C)C)n2)nc(NN)c1F. The van der Waals surface area contributed by atoms with E-state index in [1.165, 1.54) is 11.3 Å². The van der Waals surface area contributed by atoms with Crippen LogP contribution in [0.3, 0.4) is 0 Å². The van der Waals surface area contributed by atoms with Crippen LogP contribution in [0.4, 0.5) is 10.2 Å². The van der Waals surface area contributed by atoms with E-state index >= 15 is 0 Å². The third-order valence-electron chi connectivity index (χ3n) is 2.53. The predicted molar refractivity (Wildman–Crippen MR) is 74.3 cm³/mol. The standard InChI is InChI=1S/C12H16FN5S/c1-6-8(13)10(18-14)17-9(15-6)7-5-19-11(16-7)12(2,3)4/h5H,14H2,1-4H3,(H,15,17,18). The van der Waals surface area contributed by atoms with Crippen molar-refractivity contribution in [3.8, 4) is 11.5 Å². The summed E-state index contributed by atoms with van der Waals surface area (Å²) in [4.78, 5) is 12.6. The molecular weight excluding hydrogens is 265 g/mol. The molecule has 2 aromatic rings. The maximum atomic E-state index is 13.6. The van der Waals surface area contributed by atoms with Crippen molar-refractivity contribution in [1.29, 1.82) is 0 Å². The molecule has 0 spiro atoms. The topological polar surface area (TPSA) is 76.7 Å². The molecule has 5 nitrogen and oxygen atoms in total. The van der Waals surface area contributed by atoms with Gasteiger partial charge >= 0.3 is 0 Å². The molecule has 0 bridgehead atoms. The van der Waals surface area contributed by atoms with Crippen molar-refractivity contribution in [1.82, 2.24) is 15.0 Å². The van der Waals surface area contributed by atoms with E-state index in [0.717, 1.165) is 5.01 Å². The van der Waals surface area contributed by atoms with Gasteiger partial charge in [-0.05, 0) is 6.92 Å². The Bertz CT molecular complexity index is 603. The Kier molecular flexibility index (Phi) is 3.51. The number of nitrogens with two attached hydrogens (primary N) is 1. The number of hydrogen-bond donors (Lipinski definition) is 2. The molecular formula is C12H16FN5S. The van der Waals surface area contributed by atoms with Gasteiger partial charge in [0.2, 0.25) is 0 Å². The Balaban J connectivity index is 2.48. The van der Waals surface area contributed by atoms with Gasteiger partial charge < -0.3 is 5.43 Å². The third-order valence-corrected chi connectivity index (χ3v) is 3.80. The van der Waals surface area contributed by atoms with E-state index < -0.39 is 5.82 Å². The van der Waals surface area contributed by atoms with Crippen LogP contribution < -0.4 is 11.3 Å². The Hall–Kier alpha value is -1.60. The fourth-order valence-corrected chi connectivity index (χ4v) is 2.38. The number of hydrazine groups is 1. The zero-order valence-electron chi connectivity index (χ0n) is 11.3. The van der Waals surface area contributed by atoms with E-state index in [4.69, 9.17) is 5.84 Å². The van der Waals surface area contributed by atoms with Crippen molar-refractivity contribution in [2.45, 2.75) is 33.1 Å². The molecule has 0 aromatic carbocycles. The molecule has 3 N–H and O–H groups in total. The fourth-order valence-electron chi connectivity index (χ4n) is 1.49. The second kappa shape index (κ2) is 4.82. The molecule has 2 rings (SSSR count). The number of nitrogens with one attached hydrogen (secondary N) is 1. The molecule has 2 heterocycles. The summed E-state index contributed by atoms with van der Waals surface area (Å²) in [5, 5.41) is 2.85. The molecule has 0 aliphatic heterocycles. The quantitative estimate of drug-likeness (QED) is 0.653. The number of aromatic nitrogens is 3. The van der Waals surface area contributed by atoms with Crippen molar-refractivity contribution in [2.24, 2.45) is 5.84 Å². The highest BCUT2D eigenvalue weighted by atomic mass is 32.1. The Morgan fingerprint density at radius 3 is 2.47 bits per heavy atom. The first-order valence-corrected chi connectivity index (χ1v) is 6.68. The van der Waals surface area contributed by atoms with Crippen LogP contribution in [0.15, 0.2) is 5.38 Å². The molecule has 0 unspecified atom stereocenters. The zero-order valence-corrected chi connectivity index (χ0v) is 12.1. The number of nitrogens with zero attached hydrogens (tertiary/aromatic N) is 3. The molecule has 7 heteroatoms. The lowest BCUT2D eigenvalue weighted by molar-refractivity contribution is 0.585. The van der Waals surface area contributed by atoms with E-state index in [1.807, 2.05) is 5.38 Å². The number of anilines is 1. The van der Waals surface area contributed by atoms with Gasteiger partial charge in [-0.2, -0.15) is 0 Å². The summed E-state index contributed by atoms with van der Waals surface area (Å²) >= 11 is 1.54. The lowest BCUT2D eigenvalue weighted by Gasteiger charge is -2.13. The maximum Gasteiger partial charge on any atom is 0.187 e. The number of rotatable bonds is 2. The van der Waals surface area contributed by atoms with Gasteiger partial charge in [-0.25, -0.2) is 25.2 Å². The lowest BCUT2D eigenvalue weighted by atomic mass is 9.98. The smallest absolute Gasteiger partial charge is 0.187 e. The summed E-state index contributed by atoms with van der Waals surface area (Å²) in [6.07, 6.45) is 0. The molecule has 0 saturated carbocycles. The lowest BCUT2D eigenvalue weighted by Crippen LogP contribution is -2.13. The minimum atomic E-state index is -0.544. The summed E-state index contributed by atoms with van der Waals surface area (Å²) in [5.74, 6) is 5.05. The first-order valence-electron chi connectivity index (χ1n) is 5.80. The first-order chi connectivity index (χ1) is 8.82. The Morgan fingerprint density at radius 1 is 1.26 bits per heavy atom. The van der Waals surface area contributed by atoms with E-state index in [0.29, 0.717) is 11.5 Å². The average molecular weight is 281 g/mol. The minimum Gasteiger partial charge on any atom is -0.306 e. The summed E-state index contributed by atoms with van der Waals surface area (Å²) in [5.41, 5.74) is 3.07. The van der Waals surface area contributed by atoms with Crippen molar-refractivity contribution in [3.05, 3.63) is 21.9 Å². The van der Waals surface area contributed by atoms with Crippen LogP contribution >= 0.6 is 11.3 Å². The highest BCUT2D eigenvalue weighted by molar-refractivity contribution is 7.10. The van der Waals surface area contributed by atoms with Crippen molar-refractivity contribution in [3.63, 3.8) is 0 Å². The molecule has 2 aromatic heterocycles. The number of halogens is 1. The second-order valence-electron chi connectivity index (χ2n) is 5.23. The molecule has 102 valence electrons. The number of nitrogen functional groups attached to an aromatic ring is 1. The van der Waals surface area contributed by atoms with Gasteiger partial charge in [-0.1, -0.05) is 20.8 Å². The normalized spacial score (nSPS) is 11.7. The van der Waals surface area contributed by atoms with Crippen LogP contribution in [0.5, 0.6) is 0 Å². The largest absolute Gasteiger partial charge is 0.306 e. The zero-order chi connectivity index (χ0) is 14.2. The van der Waals surface area contributed by atoms with E-state index in [-0.39, 0.29) is 16.9 Å². The molecule has 0 saturated heterocycles. The van der Waals surface area contributed by atoms with Gasteiger partial charge in [0.05, 0.1) is 10.7 Å². The summed E-state index contributed by atoms with van der Waals surface area (Å²) < 4.78 is 13.6. The molecule has 0 aliphatic carbocycles. The molecule has 0 fully saturated rings. The highest BCUT2D eigenvalue weighted by Gasteiger charge is 2.20. The average Bonchev–Trinajstić information content (AvgIpc) is 2.81. The van der Waals surface area contributed by atoms with Crippen molar-refractivity contribution >= 4 is 17.2 Å². The summed E-state index contributed by atoms with van der Waals surface area (Å²) in [6, 6.07) is 0. The monoisotopic (exact) mass is 281 g/mol. The van der Waals surface area contributed by atoms with Gasteiger partial charge in [0.1, 0.15) is 5.69 Å². The summed E-state index contributed by atoms with van der Waals surface area (Å²) in [6.45, 7) is 7.82. The predicted octanol–water partition coefficient (Wildman–Crippen LogP) is 2.63. The van der Waals surface area contributed by atoms with Gasteiger partial charge in [0, 0.05) is 10.8 Å². The van der Waals surface area contributed by atoms with Crippen LogP contribution in [0.25, 0.3) is 11.5 Å². The maximum absolute atomic E-state index is 13.6. The third kappa shape index (κ3) is 2.71. The van der Waals surface area contributed by atoms with Crippen LogP contribution in [-0.4, -0.2) is 15.0 Å². The van der Waals surface area contributed by atoms with Crippen LogP contribution in [-0.2, 0) is 5.41 Å². The molecule has 0 radical (unpaired) electrons. The second-order valence-corrected chi connectivity index (χ2v) is 6.09. The highest BCUT2D eigenvalue weighted by Crippen LogP contribution is 2.29. The van der Waals surface area contributed by atoms with Gasteiger partial charge in [0.25, 0.3) is 0 Å². The Morgan fingerprint density at radius 2 is 1.95 bits per heavy atom. The summed E-state index contributed by atoms with van der Waals surface area (Å²) in [7, 11) is 0. The van der Waals surface area contributed by atoms with E-state index in [2.05, 4.69) is 41.1 Å². The van der Waals surface area contributed by atoms with Crippen molar-refractivity contribution < 1.29 is 4.39 Å². The Labute approximate surface area is 115 Å². The van der Waals surface area contributed by atoms with Crippen LogP contribution in [0, 0.1) is 12.7 Å². The van der Waals surface area contributed by atoms with Crippen molar-refractivity contribution in [2.75, 3.05) is 5.43 Å². The van der Waals surface area contributed by atoms with Crippen LogP contribution in [0.2, 0.25) is 0 Å². The number of aryl methyl sites for hydroxylation is 1. The van der Waals surface area contributed by atoms with Gasteiger partial charge in [-0.15, -0.1) is 11.3 Å². The first kappa shape index (κ1) is 13.8. The minimum absolute atomic E-state index is 0.0205. The van der Waals surface area contributed by atoms with E-state index in [9.17, 15) is 4.39 Å². The van der Waals surface area contributed by atoms with Gasteiger partial charge in [-0.3, -0.25) is 0 Å². The van der Waals surface area contributed by atoms with Gasteiger partial charge in [0.15, 0.2) is 17.5 Å². The molecule has 19 heavy (non-hydrogen) atoms. The fraction of sp³-hybridized carbons (Fsp3) is 0.417. The number of hydrogen-bond acceptors (Lipinski definition) is 6. The van der Waals surface area contributed by atoms with E-state index in [1.54, 1.807) is 6.92 Å². The molecule has 0 aliphatic rings. The number of thiazole rings is 1.